The number of hydrogen-bond donors (Lipinski definition) is 1. The number of rotatable bonds is 4. The Hall–Kier alpha value is -4.35. The molecule has 0 unspecified atom stereocenters. The van der Waals surface area contributed by atoms with Crippen LogP contribution in [0.15, 0.2) is 48.8 Å². The first-order chi connectivity index (χ1) is 21.5. The molecule has 1 aliphatic carbocycles. The van der Waals surface area contributed by atoms with Gasteiger partial charge in [-0.3, -0.25) is 14.1 Å². The average Bonchev–Trinajstić information content (AvgIpc) is 3.65. The van der Waals surface area contributed by atoms with Crippen LogP contribution in [-0.2, 0) is 28.1 Å². The summed E-state index contributed by atoms with van der Waals surface area (Å²) in [6.45, 7) is 6.05. The van der Waals surface area contributed by atoms with Gasteiger partial charge < -0.3 is 14.8 Å². The molecule has 5 heterocycles. The van der Waals surface area contributed by atoms with Crippen molar-refractivity contribution >= 4 is 29.2 Å². The Morgan fingerprint density at radius 3 is 2.62 bits per heavy atom. The fourth-order valence-corrected chi connectivity index (χ4v) is 7.18. The number of imidazole rings is 1. The van der Waals surface area contributed by atoms with E-state index in [1.807, 2.05) is 18.2 Å². The van der Waals surface area contributed by atoms with Crippen molar-refractivity contribution in [2.24, 2.45) is 0 Å². The first kappa shape index (κ1) is 29.4. The topological polar surface area (TPSA) is 101 Å². The fraction of sp³-hybridized carbons (Fsp3) is 0.412. The number of hydrogen-bond acceptors (Lipinski definition) is 8. The summed E-state index contributed by atoms with van der Waals surface area (Å²) in [7, 11) is 3.94. The normalized spacial score (nSPS) is 21.4. The Morgan fingerprint density at radius 1 is 1.11 bits per heavy atom. The molecule has 7 rings (SSSR count). The average molecular weight is 613 g/mol. The van der Waals surface area contributed by atoms with Crippen LogP contribution in [0.4, 0.5) is 20.7 Å². The van der Waals surface area contributed by atoms with Gasteiger partial charge in [0.2, 0.25) is 0 Å². The van der Waals surface area contributed by atoms with Crippen molar-refractivity contribution in [2.75, 3.05) is 19.5 Å². The van der Waals surface area contributed by atoms with Gasteiger partial charge in [0.05, 0.1) is 41.5 Å². The third kappa shape index (κ3) is 4.94. The second-order valence-electron chi connectivity index (χ2n) is 13.2. The van der Waals surface area contributed by atoms with E-state index in [1.54, 1.807) is 44.7 Å². The molecule has 1 fully saturated rings. The first-order valence-corrected chi connectivity index (χ1v) is 15.3. The van der Waals surface area contributed by atoms with E-state index in [1.165, 1.54) is 17.7 Å². The second kappa shape index (κ2) is 10.6. The number of nitrogens with one attached hydrogen (secondary N) is 1. The van der Waals surface area contributed by atoms with Gasteiger partial charge in [-0.2, -0.15) is 0 Å². The maximum absolute atomic E-state index is 13.9. The Kier molecular flexibility index (Phi) is 6.94. The van der Waals surface area contributed by atoms with Gasteiger partial charge in [-0.05, 0) is 82.8 Å². The molecule has 2 amide bonds. The van der Waals surface area contributed by atoms with E-state index >= 15 is 0 Å². The predicted octanol–water partition coefficient (Wildman–Crippen LogP) is 6.40. The number of anilines is 2. The maximum Gasteiger partial charge on any atom is 0.417 e. The minimum absolute atomic E-state index is 0.0236. The monoisotopic (exact) mass is 612 g/mol. The minimum Gasteiger partial charge on any atom is -0.443 e. The van der Waals surface area contributed by atoms with Gasteiger partial charge in [0.15, 0.2) is 0 Å². The van der Waals surface area contributed by atoms with Crippen LogP contribution in [0.1, 0.15) is 73.6 Å². The molecule has 3 aliphatic rings. The van der Waals surface area contributed by atoms with Crippen LogP contribution in [-0.4, -0.2) is 62.0 Å². The highest BCUT2D eigenvalue weighted by Gasteiger charge is 2.46. The van der Waals surface area contributed by atoms with Crippen LogP contribution in [0, 0.1) is 5.82 Å². The molecular weight excluding hydrogens is 575 g/mol. The summed E-state index contributed by atoms with van der Waals surface area (Å²) < 4.78 is 26.9. The number of benzene rings is 1. The van der Waals surface area contributed by atoms with Crippen molar-refractivity contribution in [3.8, 4) is 11.3 Å². The van der Waals surface area contributed by atoms with Crippen LogP contribution >= 0.6 is 0 Å². The van der Waals surface area contributed by atoms with Gasteiger partial charge in [0.1, 0.15) is 22.9 Å². The van der Waals surface area contributed by atoms with Crippen molar-refractivity contribution in [3.63, 3.8) is 0 Å². The van der Waals surface area contributed by atoms with Crippen molar-refractivity contribution in [1.29, 1.82) is 0 Å². The number of ether oxygens (including phenoxy) is 2. The summed E-state index contributed by atoms with van der Waals surface area (Å²) in [6.07, 6.45) is 6.89. The Morgan fingerprint density at radius 2 is 1.89 bits per heavy atom. The SMILES string of the molecule is COC1CCC2(CC1)c1ccc(Nc3ccc(-c4cnc5cc(F)ccn45)c4c3C(=O)N(C(=O)OC(C)(C)C)C4)nc1CN2C. The highest BCUT2D eigenvalue weighted by atomic mass is 19.1. The Labute approximate surface area is 261 Å². The number of carbonyl (C=O) groups is 2. The molecule has 0 saturated heterocycles. The lowest BCUT2D eigenvalue weighted by atomic mass is 9.76. The molecule has 1 N–H and O–H groups in total. The largest absolute Gasteiger partial charge is 0.443 e. The molecule has 10 nitrogen and oxygen atoms in total. The second-order valence-corrected chi connectivity index (χ2v) is 13.2. The lowest BCUT2D eigenvalue weighted by Gasteiger charge is -2.42. The quantitative estimate of drug-likeness (QED) is 0.283. The first-order valence-electron chi connectivity index (χ1n) is 15.3. The summed E-state index contributed by atoms with van der Waals surface area (Å²) in [5, 5.41) is 3.39. The zero-order valence-corrected chi connectivity index (χ0v) is 26.2. The molecule has 2 aliphatic heterocycles. The van der Waals surface area contributed by atoms with Crippen LogP contribution < -0.4 is 5.32 Å². The summed E-state index contributed by atoms with van der Waals surface area (Å²) in [6, 6.07) is 10.5. The van der Waals surface area contributed by atoms with Crippen LogP contribution in [0.2, 0.25) is 0 Å². The van der Waals surface area contributed by atoms with Crippen molar-refractivity contribution in [1.82, 2.24) is 24.2 Å². The van der Waals surface area contributed by atoms with Crippen LogP contribution in [0.25, 0.3) is 16.9 Å². The van der Waals surface area contributed by atoms with Gasteiger partial charge in [0.25, 0.3) is 5.91 Å². The lowest BCUT2D eigenvalue weighted by molar-refractivity contribution is 0.00376. The summed E-state index contributed by atoms with van der Waals surface area (Å²) in [5.74, 6) is -0.232. The van der Waals surface area contributed by atoms with E-state index in [-0.39, 0.29) is 12.1 Å². The number of pyridine rings is 2. The summed E-state index contributed by atoms with van der Waals surface area (Å²) >= 11 is 0. The number of carbonyl (C=O) groups excluding carboxylic acids is 2. The molecule has 1 spiro atoms. The number of methoxy groups -OCH3 is 1. The number of amides is 2. The third-order valence-corrected chi connectivity index (χ3v) is 9.40. The molecule has 0 atom stereocenters. The number of aromatic nitrogens is 3. The molecule has 1 aromatic carbocycles. The Balaban J connectivity index is 1.26. The van der Waals surface area contributed by atoms with Gasteiger partial charge in [0, 0.05) is 37.0 Å². The van der Waals surface area contributed by atoms with Crippen molar-refractivity contribution in [3.05, 3.63) is 77.0 Å². The van der Waals surface area contributed by atoms with Gasteiger partial charge >= 0.3 is 6.09 Å². The lowest BCUT2D eigenvalue weighted by Crippen LogP contribution is -2.42. The zero-order valence-electron chi connectivity index (χ0n) is 26.2. The van der Waals surface area contributed by atoms with Gasteiger partial charge in [-0.25, -0.2) is 24.1 Å². The van der Waals surface area contributed by atoms with Gasteiger partial charge in [-0.1, -0.05) is 12.1 Å². The predicted molar refractivity (Wildman–Crippen MR) is 167 cm³/mol. The zero-order chi connectivity index (χ0) is 31.7. The number of nitrogens with zero attached hydrogens (tertiary/aromatic N) is 5. The molecule has 4 aromatic rings. The van der Waals surface area contributed by atoms with E-state index in [2.05, 4.69) is 28.3 Å². The highest BCUT2D eigenvalue weighted by Crippen LogP contribution is 2.48. The molecular formula is C34H37FN6O4. The molecule has 1 saturated carbocycles. The highest BCUT2D eigenvalue weighted by molar-refractivity contribution is 6.11. The van der Waals surface area contributed by atoms with E-state index < -0.39 is 23.4 Å². The number of halogens is 1. The van der Waals surface area contributed by atoms with Crippen LogP contribution in [0.5, 0.6) is 0 Å². The maximum atomic E-state index is 13.9. The molecule has 45 heavy (non-hydrogen) atoms. The molecule has 11 heteroatoms. The van der Waals surface area contributed by atoms with Crippen LogP contribution in [0.3, 0.4) is 0 Å². The smallest absolute Gasteiger partial charge is 0.417 e. The van der Waals surface area contributed by atoms with E-state index in [4.69, 9.17) is 14.5 Å². The number of imide groups is 1. The minimum atomic E-state index is -0.774. The number of fused-ring (bicyclic) bond motifs is 4. The van der Waals surface area contributed by atoms with E-state index in [0.717, 1.165) is 42.8 Å². The van der Waals surface area contributed by atoms with E-state index in [0.29, 0.717) is 45.6 Å². The fourth-order valence-electron chi connectivity index (χ4n) is 7.18. The van der Waals surface area contributed by atoms with Gasteiger partial charge in [-0.15, -0.1) is 0 Å². The standard InChI is InChI=1S/C34H37FN6O4/c1-33(2,3)45-32(43)41-18-23-22(27-17-36-29-16-20(35)12-15-40(27)29)6-8-25(30(23)31(41)42)37-28-9-7-24-26(38-28)19-39(4)34(24)13-10-21(44-5)11-14-34/h6-9,12,15-17,21H,10-11,13-14,18-19H2,1-5H3,(H,37,38). The molecule has 0 bridgehead atoms. The molecule has 3 aromatic heterocycles. The van der Waals surface area contributed by atoms with Crippen molar-refractivity contribution in [2.45, 2.75) is 76.8 Å². The molecule has 234 valence electrons. The summed E-state index contributed by atoms with van der Waals surface area (Å²) in [4.78, 5) is 40.0. The molecule has 0 radical (unpaired) electrons. The Bertz CT molecular complexity index is 1840. The van der Waals surface area contributed by atoms with E-state index in [9.17, 15) is 14.0 Å². The van der Waals surface area contributed by atoms with Crippen molar-refractivity contribution < 1.29 is 23.5 Å². The summed E-state index contributed by atoms with van der Waals surface area (Å²) in [5.41, 5.74) is 4.84. The third-order valence-electron chi connectivity index (χ3n) is 9.40.